The second-order valence-corrected chi connectivity index (χ2v) is 4.31. The van der Waals surface area contributed by atoms with Crippen molar-refractivity contribution in [3.8, 4) is 0 Å². The predicted molar refractivity (Wildman–Crippen MR) is 40.9 cm³/mol. The average molecular weight is 166 g/mol. The first-order valence-electron chi connectivity index (χ1n) is 2.86. The van der Waals surface area contributed by atoms with Crippen molar-refractivity contribution in [2.24, 2.45) is 0 Å². The molecular weight excluding hydrogens is 155 g/mol. The van der Waals surface area contributed by atoms with E-state index in [1.807, 2.05) is 13.8 Å². The van der Waals surface area contributed by atoms with Crippen LogP contribution >= 0.6 is 6.58 Å². The molecule has 0 spiro atoms. The molecule has 0 aromatic carbocycles. The van der Waals surface area contributed by atoms with Crippen molar-refractivity contribution < 1.29 is 9.30 Å². The van der Waals surface area contributed by atoms with Crippen LogP contribution in [0.1, 0.15) is 13.8 Å². The van der Waals surface area contributed by atoms with E-state index in [4.69, 9.17) is 4.74 Å². The van der Waals surface area contributed by atoms with Crippen LogP contribution < -0.4 is 0 Å². The lowest BCUT2D eigenvalue weighted by molar-refractivity contribution is 0.0916. The summed E-state index contributed by atoms with van der Waals surface area (Å²) >= 11 is 4.46. The zero-order valence-electron chi connectivity index (χ0n) is 5.66. The summed E-state index contributed by atoms with van der Waals surface area (Å²) in [5.41, 5.74) is 0. The van der Waals surface area contributed by atoms with E-state index in [0.29, 0.717) is 12.8 Å². The molecule has 1 unspecified atom stereocenters. The lowest BCUT2D eigenvalue weighted by atomic mass is 10.5. The molecule has 9 heavy (non-hydrogen) atoms. The number of hydrogen-bond acceptors (Lipinski definition) is 3. The third-order valence-electron chi connectivity index (χ3n) is 0.725. The molecular formula is C5H11O2PS. The van der Waals surface area contributed by atoms with Gasteiger partial charge in [0.2, 0.25) is 0 Å². The highest BCUT2D eigenvalue weighted by Gasteiger charge is 1.92. The molecule has 2 nitrogen and oxygen atoms in total. The van der Waals surface area contributed by atoms with Gasteiger partial charge in [0.15, 0.2) is 6.58 Å². The SMILES string of the molecule is CC(C)OCCP(=O)=S. The zero-order valence-corrected chi connectivity index (χ0v) is 7.37. The topological polar surface area (TPSA) is 26.3 Å². The summed E-state index contributed by atoms with van der Waals surface area (Å²) in [6.45, 7) is 2.98. The molecule has 4 heteroatoms. The Morgan fingerprint density at radius 2 is 2.22 bits per heavy atom. The fraction of sp³-hybridized carbons (Fsp3) is 1.00. The first-order valence-corrected chi connectivity index (χ1v) is 5.32. The van der Waals surface area contributed by atoms with E-state index >= 15 is 0 Å². The van der Waals surface area contributed by atoms with Crippen molar-refractivity contribution in [1.82, 2.24) is 0 Å². The maximum Gasteiger partial charge on any atom is 0.166 e. The molecule has 0 aromatic rings. The average Bonchev–Trinajstić information content (AvgIpc) is 1.63. The fourth-order valence-electron chi connectivity index (χ4n) is 0.363. The van der Waals surface area contributed by atoms with Crippen LogP contribution in [0.25, 0.3) is 0 Å². The fourth-order valence-corrected chi connectivity index (χ4v) is 0.841. The van der Waals surface area contributed by atoms with Crippen molar-refractivity contribution >= 4 is 18.4 Å². The standard InChI is InChI=1S/C5H11O2PS/c1-5(2)7-3-4-8(6)9/h5H,3-4H2,1-2H3. The Balaban J connectivity index is 3.10. The summed E-state index contributed by atoms with van der Waals surface area (Å²) in [6.07, 6.45) is 0.720. The summed E-state index contributed by atoms with van der Waals surface area (Å²) < 4.78 is 15.4. The van der Waals surface area contributed by atoms with Crippen LogP contribution in [0.5, 0.6) is 0 Å². The van der Waals surface area contributed by atoms with E-state index in [1.165, 1.54) is 0 Å². The molecule has 1 atom stereocenters. The minimum absolute atomic E-state index is 0.218. The summed E-state index contributed by atoms with van der Waals surface area (Å²) in [5.74, 6) is 0. The lowest BCUT2D eigenvalue weighted by Crippen LogP contribution is -2.04. The molecule has 0 aliphatic rings. The van der Waals surface area contributed by atoms with Gasteiger partial charge in [0.1, 0.15) is 0 Å². The first kappa shape index (κ1) is 9.28. The van der Waals surface area contributed by atoms with Crippen LogP contribution in [-0.4, -0.2) is 18.9 Å². The van der Waals surface area contributed by atoms with Gasteiger partial charge in [0, 0.05) is 0 Å². The maximum atomic E-state index is 10.3. The van der Waals surface area contributed by atoms with Crippen LogP contribution in [0, 0.1) is 0 Å². The Bertz CT molecular complexity index is 123. The van der Waals surface area contributed by atoms with Crippen LogP contribution in [0.3, 0.4) is 0 Å². The predicted octanol–water partition coefficient (Wildman–Crippen LogP) is 1.70. The monoisotopic (exact) mass is 166 g/mol. The first-order chi connectivity index (χ1) is 4.13. The summed E-state index contributed by atoms with van der Waals surface area (Å²) in [5, 5.41) is 0. The molecule has 0 rings (SSSR count). The highest BCUT2D eigenvalue weighted by Crippen LogP contribution is 2.02. The number of hydrogen-bond donors (Lipinski definition) is 0. The van der Waals surface area contributed by atoms with E-state index in [9.17, 15) is 4.57 Å². The summed E-state index contributed by atoms with van der Waals surface area (Å²) in [7, 11) is 0. The van der Waals surface area contributed by atoms with Gasteiger partial charge >= 0.3 is 0 Å². The molecule has 0 amide bonds. The molecule has 0 radical (unpaired) electrons. The maximum absolute atomic E-state index is 10.3. The van der Waals surface area contributed by atoms with Crippen molar-refractivity contribution in [2.75, 3.05) is 12.8 Å². The number of ether oxygens (including phenoxy) is 1. The molecule has 0 aromatic heterocycles. The van der Waals surface area contributed by atoms with E-state index in [2.05, 4.69) is 11.8 Å². The van der Waals surface area contributed by atoms with Crippen LogP contribution in [-0.2, 0) is 21.1 Å². The van der Waals surface area contributed by atoms with Gasteiger partial charge in [-0.25, -0.2) is 0 Å². The van der Waals surface area contributed by atoms with Crippen molar-refractivity contribution in [1.29, 1.82) is 0 Å². The van der Waals surface area contributed by atoms with Gasteiger partial charge in [0.05, 0.1) is 18.9 Å². The van der Waals surface area contributed by atoms with E-state index in [0.717, 1.165) is 0 Å². The Labute approximate surface area is 61.1 Å². The normalized spacial score (nSPS) is 12.1. The molecule has 0 saturated carbocycles. The largest absolute Gasteiger partial charge is 0.378 e. The molecule has 0 heterocycles. The third kappa shape index (κ3) is 8.28. The Hall–Kier alpha value is 0.280. The Morgan fingerprint density at radius 3 is 2.56 bits per heavy atom. The molecule has 0 N–H and O–H groups in total. The van der Waals surface area contributed by atoms with Crippen molar-refractivity contribution in [3.05, 3.63) is 0 Å². The van der Waals surface area contributed by atoms with E-state index < -0.39 is 6.58 Å². The lowest BCUT2D eigenvalue weighted by Gasteiger charge is -2.02. The zero-order chi connectivity index (χ0) is 7.28. The van der Waals surface area contributed by atoms with E-state index in [-0.39, 0.29) is 6.10 Å². The highest BCUT2D eigenvalue weighted by atomic mass is 32.4. The quantitative estimate of drug-likeness (QED) is 0.594. The summed E-state index contributed by atoms with van der Waals surface area (Å²) in [6, 6.07) is 0. The van der Waals surface area contributed by atoms with Crippen LogP contribution in [0.2, 0.25) is 0 Å². The van der Waals surface area contributed by atoms with Gasteiger partial charge in [-0.1, -0.05) is 0 Å². The smallest absolute Gasteiger partial charge is 0.166 e. The molecule has 0 saturated heterocycles. The minimum atomic E-state index is -1.42. The highest BCUT2D eigenvalue weighted by molar-refractivity contribution is 7.99. The molecule has 0 bridgehead atoms. The van der Waals surface area contributed by atoms with Crippen molar-refractivity contribution in [2.45, 2.75) is 20.0 Å². The molecule has 0 fully saturated rings. The van der Waals surface area contributed by atoms with Gasteiger partial charge in [-0.15, -0.1) is 0 Å². The minimum Gasteiger partial charge on any atom is -0.378 e. The van der Waals surface area contributed by atoms with Crippen LogP contribution in [0.4, 0.5) is 0 Å². The van der Waals surface area contributed by atoms with Gasteiger partial charge < -0.3 is 4.74 Å². The Kier molecular flexibility index (Phi) is 5.25. The molecule has 54 valence electrons. The summed E-state index contributed by atoms with van der Waals surface area (Å²) in [4.78, 5) is 0. The Morgan fingerprint density at radius 1 is 1.67 bits per heavy atom. The third-order valence-corrected chi connectivity index (χ3v) is 1.82. The molecule has 0 aliphatic heterocycles. The van der Waals surface area contributed by atoms with Gasteiger partial charge in [-0.3, -0.25) is 4.57 Å². The van der Waals surface area contributed by atoms with E-state index in [1.54, 1.807) is 0 Å². The molecule has 0 aliphatic carbocycles. The van der Waals surface area contributed by atoms with Crippen LogP contribution in [0.15, 0.2) is 0 Å². The second-order valence-electron chi connectivity index (χ2n) is 1.98. The number of rotatable bonds is 4. The second kappa shape index (κ2) is 5.10. The van der Waals surface area contributed by atoms with Gasteiger partial charge in [-0.05, 0) is 25.7 Å². The van der Waals surface area contributed by atoms with Gasteiger partial charge in [0.25, 0.3) is 0 Å². The van der Waals surface area contributed by atoms with Crippen molar-refractivity contribution in [3.63, 3.8) is 0 Å². The van der Waals surface area contributed by atoms with Gasteiger partial charge in [-0.2, -0.15) is 0 Å².